The summed E-state index contributed by atoms with van der Waals surface area (Å²) in [6.45, 7) is 8.70. The van der Waals surface area contributed by atoms with Crippen molar-refractivity contribution < 1.29 is 18.9 Å². The fraction of sp³-hybridized carbons (Fsp3) is 0.393. The van der Waals surface area contributed by atoms with Crippen LogP contribution in [-0.4, -0.2) is 82.0 Å². The number of anilines is 3. The summed E-state index contributed by atoms with van der Waals surface area (Å²) >= 11 is 0. The number of aryl methyl sites for hydroxylation is 1. The number of nitrogens with zero attached hydrogens (tertiary/aromatic N) is 5. The van der Waals surface area contributed by atoms with E-state index >= 15 is 0 Å². The lowest BCUT2D eigenvalue weighted by Gasteiger charge is -2.31. The number of aromatic nitrogens is 2. The van der Waals surface area contributed by atoms with Gasteiger partial charge in [-0.15, -0.1) is 0 Å². The highest BCUT2D eigenvalue weighted by molar-refractivity contribution is 5.84. The second-order valence-electron chi connectivity index (χ2n) is 8.98. The first-order chi connectivity index (χ1) is 18.8. The van der Waals surface area contributed by atoms with E-state index in [2.05, 4.69) is 20.3 Å². The van der Waals surface area contributed by atoms with Crippen LogP contribution in [-0.2, 0) is 9.47 Å². The number of nitrogens with one attached hydrogen (secondary N) is 1. The quantitative estimate of drug-likeness (QED) is 0.246. The van der Waals surface area contributed by atoms with Gasteiger partial charge in [-0.25, -0.2) is 0 Å². The Hall–Kier alpha value is -3.89. The third-order valence-corrected chi connectivity index (χ3v) is 6.32. The van der Waals surface area contributed by atoms with E-state index in [1.54, 1.807) is 6.21 Å². The first-order valence-electron chi connectivity index (χ1n) is 13.0. The molecule has 10 nitrogen and oxygen atoms in total. The van der Waals surface area contributed by atoms with Crippen LogP contribution in [0.4, 0.5) is 17.6 Å². The van der Waals surface area contributed by atoms with Crippen LogP contribution in [0.15, 0.2) is 59.7 Å². The number of hydrogen-bond acceptors (Lipinski definition) is 10. The van der Waals surface area contributed by atoms with Gasteiger partial charge in [-0.05, 0) is 30.7 Å². The van der Waals surface area contributed by atoms with Crippen molar-refractivity contribution in [2.45, 2.75) is 6.92 Å². The Morgan fingerprint density at radius 2 is 1.47 bits per heavy atom. The highest BCUT2D eigenvalue weighted by Gasteiger charge is 2.19. The molecule has 0 atom stereocenters. The molecule has 0 unspecified atom stereocenters. The van der Waals surface area contributed by atoms with E-state index in [1.165, 1.54) is 0 Å². The van der Waals surface area contributed by atoms with Crippen LogP contribution >= 0.6 is 0 Å². The average molecular weight is 519 g/mol. The molecule has 2 saturated heterocycles. The highest BCUT2D eigenvalue weighted by atomic mass is 16.5. The van der Waals surface area contributed by atoms with Crippen molar-refractivity contribution in [2.24, 2.45) is 5.10 Å². The van der Waals surface area contributed by atoms with Gasteiger partial charge in [0, 0.05) is 37.8 Å². The summed E-state index contributed by atoms with van der Waals surface area (Å²) in [5.74, 6) is 3.77. The summed E-state index contributed by atoms with van der Waals surface area (Å²) in [4.78, 5) is 13.9. The molecular weight excluding hydrogens is 484 g/mol. The molecule has 2 aliphatic rings. The van der Waals surface area contributed by atoms with Crippen LogP contribution in [0, 0.1) is 6.92 Å². The smallest absolute Gasteiger partial charge is 0.229 e. The van der Waals surface area contributed by atoms with Crippen LogP contribution in [0.5, 0.6) is 11.5 Å². The predicted octanol–water partition coefficient (Wildman–Crippen LogP) is 3.36. The van der Waals surface area contributed by atoms with E-state index < -0.39 is 0 Å². The standard InChI is InChI=1S/C28H34N6O4/c1-22-6-2-4-8-24(22)37-18-19-38-25-9-5-3-7-23(25)21-29-32-26-20-27(33-10-14-35-15-11-33)31-28(30-26)34-12-16-36-17-13-34/h2-9,20-21H,10-19H2,1H3,(H,30,31,32). The van der Waals surface area contributed by atoms with Crippen LogP contribution in [0.2, 0.25) is 0 Å². The number of benzene rings is 2. The van der Waals surface area contributed by atoms with Gasteiger partial charge in [0.1, 0.15) is 30.5 Å². The number of hydrazone groups is 1. The van der Waals surface area contributed by atoms with E-state index in [0.29, 0.717) is 51.4 Å². The average Bonchev–Trinajstić information content (AvgIpc) is 2.98. The highest BCUT2D eigenvalue weighted by Crippen LogP contribution is 2.23. The molecule has 1 N–H and O–H groups in total. The molecule has 2 aromatic carbocycles. The molecule has 0 spiro atoms. The van der Waals surface area contributed by atoms with Crippen LogP contribution < -0.4 is 24.7 Å². The molecule has 0 radical (unpaired) electrons. The Morgan fingerprint density at radius 3 is 2.21 bits per heavy atom. The van der Waals surface area contributed by atoms with Crippen molar-refractivity contribution in [1.82, 2.24) is 9.97 Å². The molecule has 2 fully saturated rings. The van der Waals surface area contributed by atoms with Crippen molar-refractivity contribution >= 4 is 23.8 Å². The first-order valence-corrected chi connectivity index (χ1v) is 13.0. The zero-order valence-electron chi connectivity index (χ0n) is 21.7. The fourth-order valence-corrected chi connectivity index (χ4v) is 4.25. The van der Waals surface area contributed by atoms with Gasteiger partial charge in [0.25, 0.3) is 0 Å². The molecule has 38 heavy (non-hydrogen) atoms. The Morgan fingerprint density at radius 1 is 0.842 bits per heavy atom. The normalized spacial score (nSPS) is 16.0. The lowest BCUT2D eigenvalue weighted by atomic mass is 10.2. The van der Waals surface area contributed by atoms with Crippen molar-refractivity contribution in [3.05, 3.63) is 65.7 Å². The third kappa shape index (κ3) is 6.90. The maximum Gasteiger partial charge on any atom is 0.229 e. The van der Waals surface area contributed by atoms with Crippen molar-refractivity contribution in [2.75, 3.05) is 81.0 Å². The number of morpholine rings is 2. The summed E-state index contributed by atoms with van der Waals surface area (Å²) in [5, 5.41) is 4.47. The molecule has 1 aromatic heterocycles. The van der Waals surface area contributed by atoms with Crippen LogP contribution in [0.3, 0.4) is 0 Å². The van der Waals surface area contributed by atoms with Gasteiger partial charge in [0.2, 0.25) is 5.95 Å². The van der Waals surface area contributed by atoms with Gasteiger partial charge in [-0.3, -0.25) is 5.43 Å². The molecular formula is C28H34N6O4. The molecule has 3 aromatic rings. The zero-order chi connectivity index (χ0) is 26.0. The van der Waals surface area contributed by atoms with Gasteiger partial charge >= 0.3 is 0 Å². The monoisotopic (exact) mass is 518 g/mol. The Kier molecular flexibility index (Phi) is 8.85. The minimum absolute atomic E-state index is 0.421. The molecule has 0 bridgehead atoms. The fourth-order valence-electron chi connectivity index (χ4n) is 4.25. The van der Waals surface area contributed by atoms with Gasteiger partial charge in [-0.1, -0.05) is 30.3 Å². The molecule has 5 rings (SSSR count). The molecule has 0 amide bonds. The van der Waals surface area contributed by atoms with Gasteiger partial charge in [-0.2, -0.15) is 15.1 Å². The van der Waals surface area contributed by atoms with Crippen molar-refractivity contribution in [3.63, 3.8) is 0 Å². The number of ether oxygens (including phenoxy) is 4. The Labute approximate surface area is 223 Å². The SMILES string of the molecule is Cc1ccccc1OCCOc1ccccc1C=NNc1cc(N2CCOCC2)nc(N2CCOCC2)n1. The van der Waals surface area contributed by atoms with Crippen molar-refractivity contribution in [1.29, 1.82) is 0 Å². The summed E-state index contributed by atoms with van der Waals surface area (Å²) in [5.41, 5.74) is 5.05. The minimum Gasteiger partial charge on any atom is -0.490 e. The Bertz CT molecular complexity index is 1180. The van der Waals surface area contributed by atoms with Gasteiger partial charge in [0.05, 0.1) is 32.6 Å². The first kappa shape index (κ1) is 25.7. The van der Waals surface area contributed by atoms with E-state index in [0.717, 1.165) is 54.6 Å². The molecule has 0 aliphatic carbocycles. The molecule has 0 saturated carbocycles. The molecule has 2 aliphatic heterocycles. The largest absolute Gasteiger partial charge is 0.490 e. The van der Waals surface area contributed by atoms with Crippen LogP contribution in [0.25, 0.3) is 0 Å². The molecule has 200 valence electrons. The summed E-state index contributed by atoms with van der Waals surface area (Å²) in [6.07, 6.45) is 1.74. The topological polar surface area (TPSA) is 93.6 Å². The number of hydrogen-bond donors (Lipinski definition) is 1. The second kappa shape index (κ2) is 13.1. The van der Waals surface area contributed by atoms with Crippen LogP contribution in [0.1, 0.15) is 11.1 Å². The summed E-state index contributed by atoms with van der Waals surface area (Å²) < 4.78 is 22.9. The Balaban J connectivity index is 1.24. The van der Waals surface area contributed by atoms with E-state index in [-0.39, 0.29) is 0 Å². The lowest BCUT2D eigenvalue weighted by Crippen LogP contribution is -2.39. The van der Waals surface area contributed by atoms with Gasteiger partial charge < -0.3 is 28.7 Å². The molecule has 10 heteroatoms. The van der Waals surface area contributed by atoms with E-state index in [9.17, 15) is 0 Å². The second-order valence-corrected chi connectivity index (χ2v) is 8.98. The van der Waals surface area contributed by atoms with Crippen molar-refractivity contribution in [3.8, 4) is 11.5 Å². The third-order valence-electron chi connectivity index (χ3n) is 6.32. The number of para-hydroxylation sites is 2. The van der Waals surface area contributed by atoms with E-state index in [4.69, 9.17) is 28.9 Å². The lowest BCUT2D eigenvalue weighted by molar-refractivity contribution is 0.121. The maximum atomic E-state index is 5.99. The minimum atomic E-state index is 0.421. The summed E-state index contributed by atoms with van der Waals surface area (Å²) in [7, 11) is 0. The zero-order valence-corrected chi connectivity index (χ0v) is 21.7. The molecule has 3 heterocycles. The maximum absolute atomic E-state index is 5.99. The van der Waals surface area contributed by atoms with E-state index in [1.807, 2.05) is 61.5 Å². The number of rotatable bonds is 10. The predicted molar refractivity (Wildman–Crippen MR) is 148 cm³/mol. The van der Waals surface area contributed by atoms with Gasteiger partial charge in [0.15, 0.2) is 5.82 Å². The summed E-state index contributed by atoms with van der Waals surface area (Å²) in [6, 6.07) is 17.7.